The van der Waals surface area contributed by atoms with E-state index in [9.17, 15) is 0 Å². The second-order valence-corrected chi connectivity index (χ2v) is 6.81. The summed E-state index contributed by atoms with van der Waals surface area (Å²) in [6.45, 7) is 6.92. The van der Waals surface area contributed by atoms with E-state index in [-0.39, 0.29) is 6.04 Å². The van der Waals surface area contributed by atoms with Crippen LogP contribution in [0, 0.1) is 12.8 Å². The van der Waals surface area contributed by atoms with Crippen LogP contribution in [0.4, 0.5) is 0 Å². The first-order chi connectivity index (χ1) is 10.0. The Morgan fingerprint density at radius 2 is 1.86 bits per heavy atom. The fraction of sp³-hybridized carbons (Fsp3) is 0.667. The topological polar surface area (TPSA) is 32.5 Å². The van der Waals surface area contributed by atoms with Crippen LogP contribution in [0.25, 0.3) is 0 Å². The Morgan fingerprint density at radius 3 is 2.48 bits per heavy atom. The molecule has 0 saturated carbocycles. The maximum Gasteiger partial charge on any atom is 0.0307 e. The lowest BCUT2D eigenvalue weighted by Crippen LogP contribution is -2.36. The number of nitrogens with zero attached hydrogens (tertiary/aromatic N) is 2. The molecule has 3 heteroatoms. The molecule has 1 fully saturated rings. The Balaban J connectivity index is 1.70. The fourth-order valence-electron chi connectivity index (χ4n) is 3.12. The minimum atomic E-state index is 0.158. The van der Waals surface area contributed by atoms with Crippen LogP contribution in [0.2, 0.25) is 0 Å². The van der Waals surface area contributed by atoms with Crippen molar-refractivity contribution >= 4 is 0 Å². The highest BCUT2D eigenvalue weighted by molar-refractivity contribution is 5.23. The quantitative estimate of drug-likeness (QED) is 0.874. The number of nitrogens with two attached hydrogens (primary N) is 1. The van der Waals surface area contributed by atoms with Gasteiger partial charge >= 0.3 is 0 Å². The summed E-state index contributed by atoms with van der Waals surface area (Å²) < 4.78 is 0. The lowest BCUT2D eigenvalue weighted by molar-refractivity contribution is 0.174. The predicted molar refractivity (Wildman–Crippen MR) is 90.4 cm³/mol. The standard InChI is InChI=1S/C18H31N3/c1-15-4-6-17(7-5-15)18(19)10-13-21(3)14-16-8-11-20(2)12-9-16/h4-7,16,18H,8-14,19H2,1-3H3. The van der Waals surface area contributed by atoms with Gasteiger partial charge in [-0.1, -0.05) is 29.8 Å². The van der Waals surface area contributed by atoms with Gasteiger partial charge in [0.1, 0.15) is 0 Å². The molecule has 0 radical (unpaired) electrons. The summed E-state index contributed by atoms with van der Waals surface area (Å²) in [5.41, 5.74) is 8.87. The van der Waals surface area contributed by atoms with Crippen LogP contribution in [-0.4, -0.2) is 50.1 Å². The van der Waals surface area contributed by atoms with E-state index in [1.54, 1.807) is 0 Å². The smallest absolute Gasteiger partial charge is 0.0307 e. The lowest BCUT2D eigenvalue weighted by Gasteiger charge is -2.32. The largest absolute Gasteiger partial charge is 0.324 e. The molecule has 2 N–H and O–H groups in total. The van der Waals surface area contributed by atoms with Crippen LogP contribution in [0.15, 0.2) is 24.3 Å². The van der Waals surface area contributed by atoms with Gasteiger partial charge in [-0.2, -0.15) is 0 Å². The molecule has 3 nitrogen and oxygen atoms in total. The average Bonchev–Trinajstić information content (AvgIpc) is 2.48. The summed E-state index contributed by atoms with van der Waals surface area (Å²) in [6.07, 6.45) is 3.71. The summed E-state index contributed by atoms with van der Waals surface area (Å²) in [7, 11) is 4.46. The summed E-state index contributed by atoms with van der Waals surface area (Å²) in [4.78, 5) is 4.90. The number of aryl methyl sites for hydroxylation is 1. The van der Waals surface area contributed by atoms with Gasteiger partial charge in [-0.15, -0.1) is 0 Å². The van der Waals surface area contributed by atoms with Crippen LogP contribution < -0.4 is 5.73 Å². The zero-order chi connectivity index (χ0) is 15.2. The van der Waals surface area contributed by atoms with Crippen LogP contribution in [0.5, 0.6) is 0 Å². The molecule has 1 atom stereocenters. The average molecular weight is 289 g/mol. The Bertz CT molecular complexity index is 407. The van der Waals surface area contributed by atoms with Gasteiger partial charge in [0.15, 0.2) is 0 Å². The second kappa shape index (κ2) is 7.92. The zero-order valence-electron chi connectivity index (χ0n) is 13.9. The fourth-order valence-corrected chi connectivity index (χ4v) is 3.12. The minimum Gasteiger partial charge on any atom is -0.324 e. The highest BCUT2D eigenvalue weighted by Crippen LogP contribution is 2.18. The Morgan fingerprint density at radius 1 is 1.24 bits per heavy atom. The van der Waals surface area contributed by atoms with Gasteiger partial charge < -0.3 is 15.5 Å². The van der Waals surface area contributed by atoms with E-state index < -0.39 is 0 Å². The zero-order valence-corrected chi connectivity index (χ0v) is 13.9. The molecule has 0 aromatic heterocycles. The highest BCUT2D eigenvalue weighted by Gasteiger charge is 2.18. The van der Waals surface area contributed by atoms with Crippen LogP contribution in [0.1, 0.15) is 36.4 Å². The van der Waals surface area contributed by atoms with Crippen molar-refractivity contribution in [2.45, 2.75) is 32.2 Å². The Labute approximate surface area is 130 Å². The number of piperidine rings is 1. The minimum absolute atomic E-state index is 0.158. The summed E-state index contributed by atoms with van der Waals surface area (Å²) in [5.74, 6) is 0.863. The Hall–Kier alpha value is -0.900. The van der Waals surface area contributed by atoms with Crippen molar-refractivity contribution in [3.63, 3.8) is 0 Å². The molecule has 1 unspecified atom stereocenters. The van der Waals surface area contributed by atoms with Crippen molar-refractivity contribution in [1.29, 1.82) is 0 Å². The third kappa shape index (κ3) is 5.42. The maximum absolute atomic E-state index is 6.31. The molecule has 1 saturated heterocycles. The molecule has 118 valence electrons. The van der Waals surface area contributed by atoms with Gasteiger partial charge in [0.05, 0.1) is 0 Å². The molecule has 1 aromatic carbocycles. The predicted octanol–water partition coefficient (Wildman–Crippen LogP) is 2.66. The molecule has 0 spiro atoms. The molecular weight excluding hydrogens is 258 g/mol. The van der Waals surface area contributed by atoms with Gasteiger partial charge in [-0.25, -0.2) is 0 Å². The number of likely N-dealkylation sites (tertiary alicyclic amines) is 1. The van der Waals surface area contributed by atoms with Crippen molar-refractivity contribution < 1.29 is 0 Å². The van der Waals surface area contributed by atoms with Crippen molar-refractivity contribution in [2.75, 3.05) is 40.3 Å². The van der Waals surface area contributed by atoms with Crippen molar-refractivity contribution in [3.05, 3.63) is 35.4 Å². The number of rotatable bonds is 6. The summed E-state index contributed by atoms with van der Waals surface area (Å²) in [5, 5.41) is 0. The number of benzene rings is 1. The van der Waals surface area contributed by atoms with Crippen molar-refractivity contribution in [1.82, 2.24) is 9.80 Å². The normalized spacial score (nSPS) is 19.1. The maximum atomic E-state index is 6.31. The van der Waals surface area contributed by atoms with E-state index in [0.29, 0.717) is 0 Å². The SMILES string of the molecule is Cc1ccc(C(N)CCN(C)CC2CCN(C)CC2)cc1. The lowest BCUT2D eigenvalue weighted by atomic mass is 9.96. The second-order valence-electron chi connectivity index (χ2n) is 6.81. The van der Waals surface area contributed by atoms with Crippen LogP contribution in [-0.2, 0) is 0 Å². The number of hydrogen-bond acceptors (Lipinski definition) is 3. The van der Waals surface area contributed by atoms with Gasteiger partial charge in [0, 0.05) is 12.6 Å². The van der Waals surface area contributed by atoms with Crippen molar-refractivity contribution in [3.8, 4) is 0 Å². The molecule has 0 bridgehead atoms. The molecule has 1 aliphatic rings. The van der Waals surface area contributed by atoms with Gasteiger partial charge in [-0.3, -0.25) is 0 Å². The summed E-state index contributed by atoms with van der Waals surface area (Å²) >= 11 is 0. The monoisotopic (exact) mass is 289 g/mol. The van der Waals surface area contributed by atoms with E-state index in [1.807, 2.05) is 0 Å². The first kappa shape index (κ1) is 16.5. The first-order valence-electron chi connectivity index (χ1n) is 8.24. The van der Waals surface area contributed by atoms with E-state index >= 15 is 0 Å². The third-order valence-corrected chi connectivity index (χ3v) is 4.74. The van der Waals surface area contributed by atoms with E-state index in [0.717, 1.165) is 18.9 Å². The van der Waals surface area contributed by atoms with Gasteiger partial charge in [0.25, 0.3) is 0 Å². The molecule has 1 aromatic rings. The molecule has 2 rings (SSSR count). The molecule has 0 aliphatic carbocycles. The highest BCUT2D eigenvalue weighted by atomic mass is 15.1. The van der Waals surface area contributed by atoms with E-state index in [1.165, 1.54) is 43.6 Å². The molecule has 0 amide bonds. The Kier molecular flexibility index (Phi) is 6.22. The molecule has 1 heterocycles. The third-order valence-electron chi connectivity index (χ3n) is 4.74. The van der Waals surface area contributed by atoms with E-state index in [2.05, 4.69) is 55.1 Å². The molecule has 21 heavy (non-hydrogen) atoms. The van der Waals surface area contributed by atoms with Crippen LogP contribution in [0.3, 0.4) is 0 Å². The first-order valence-corrected chi connectivity index (χ1v) is 8.24. The molecule has 1 aliphatic heterocycles. The van der Waals surface area contributed by atoms with Crippen LogP contribution >= 0.6 is 0 Å². The number of hydrogen-bond donors (Lipinski definition) is 1. The molecular formula is C18H31N3. The van der Waals surface area contributed by atoms with Crippen molar-refractivity contribution in [2.24, 2.45) is 11.7 Å². The van der Waals surface area contributed by atoms with E-state index in [4.69, 9.17) is 5.73 Å². The van der Waals surface area contributed by atoms with Gasteiger partial charge in [0.2, 0.25) is 0 Å². The van der Waals surface area contributed by atoms with Gasteiger partial charge in [-0.05, 0) is 71.4 Å². The summed E-state index contributed by atoms with van der Waals surface area (Å²) in [6, 6.07) is 8.79.